The topological polar surface area (TPSA) is 55.6 Å². The van der Waals surface area contributed by atoms with Crippen LogP contribution in [0.15, 0.2) is 24.3 Å². The van der Waals surface area contributed by atoms with Crippen LogP contribution in [0.2, 0.25) is 0 Å². The second-order valence-electron chi connectivity index (χ2n) is 5.42. The maximum atomic E-state index is 12.4. The van der Waals surface area contributed by atoms with Crippen molar-refractivity contribution in [2.45, 2.75) is 52.1 Å². The Morgan fingerprint density at radius 1 is 1.29 bits per heavy atom. The quantitative estimate of drug-likeness (QED) is 0.801. The van der Waals surface area contributed by atoms with Crippen LogP contribution in [-0.2, 0) is 11.2 Å². The van der Waals surface area contributed by atoms with E-state index in [1.54, 1.807) is 7.11 Å². The summed E-state index contributed by atoms with van der Waals surface area (Å²) in [7, 11) is 1.66. The average molecular weight is 292 g/mol. The summed E-state index contributed by atoms with van der Waals surface area (Å²) < 4.78 is 5.16. The molecule has 118 valence electrons. The standard InChI is InChI=1S/C17H28N2O2/c1-5-7-16(18)17(20)19(6-2)13(3)12-14-8-10-15(21-4)11-9-14/h8-11,13,16H,5-7,12,18H2,1-4H3. The molecule has 0 fully saturated rings. The molecule has 2 unspecified atom stereocenters. The molecule has 0 spiro atoms. The summed E-state index contributed by atoms with van der Waals surface area (Å²) in [5.74, 6) is 0.903. The van der Waals surface area contributed by atoms with Crippen molar-refractivity contribution in [3.05, 3.63) is 29.8 Å². The Balaban J connectivity index is 2.69. The Kier molecular flexibility index (Phi) is 7.23. The highest BCUT2D eigenvalue weighted by Gasteiger charge is 2.23. The lowest BCUT2D eigenvalue weighted by atomic mass is 10.0. The van der Waals surface area contributed by atoms with Crippen LogP contribution >= 0.6 is 0 Å². The lowest BCUT2D eigenvalue weighted by Crippen LogP contribution is -2.48. The number of carbonyl (C=O) groups excluding carboxylic acids is 1. The fourth-order valence-electron chi connectivity index (χ4n) is 2.55. The molecule has 0 aromatic heterocycles. The number of amides is 1. The summed E-state index contributed by atoms with van der Waals surface area (Å²) in [6, 6.07) is 7.73. The summed E-state index contributed by atoms with van der Waals surface area (Å²) in [6.07, 6.45) is 2.49. The largest absolute Gasteiger partial charge is 0.497 e. The maximum Gasteiger partial charge on any atom is 0.239 e. The second kappa shape index (κ2) is 8.67. The van der Waals surface area contributed by atoms with Gasteiger partial charge >= 0.3 is 0 Å². The molecule has 2 atom stereocenters. The molecule has 0 aliphatic rings. The molecule has 1 aromatic rings. The molecular formula is C17H28N2O2. The fourth-order valence-corrected chi connectivity index (χ4v) is 2.55. The van der Waals surface area contributed by atoms with Crippen LogP contribution in [0.4, 0.5) is 0 Å². The number of hydrogen-bond acceptors (Lipinski definition) is 3. The first kappa shape index (κ1) is 17.5. The smallest absolute Gasteiger partial charge is 0.239 e. The van der Waals surface area contributed by atoms with Gasteiger partial charge < -0.3 is 15.4 Å². The first-order valence-electron chi connectivity index (χ1n) is 7.72. The van der Waals surface area contributed by atoms with Gasteiger partial charge in [0.05, 0.1) is 13.2 Å². The van der Waals surface area contributed by atoms with Gasteiger partial charge in [-0.25, -0.2) is 0 Å². The number of nitrogens with zero attached hydrogens (tertiary/aromatic N) is 1. The summed E-state index contributed by atoms with van der Waals surface area (Å²) in [5, 5.41) is 0. The predicted octanol–water partition coefficient (Wildman–Crippen LogP) is 2.60. The van der Waals surface area contributed by atoms with Gasteiger partial charge in [0, 0.05) is 12.6 Å². The zero-order valence-corrected chi connectivity index (χ0v) is 13.6. The van der Waals surface area contributed by atoms with Crippen LogP contribution in [0.1, 0.15) is 39.2 Å². The van der Waals surface area contributed by atoms with Gasteiger partial charge in [0.25, 0.3) is 0 Å². The Hall–Kier alpha value is -1.55. The van der Waals surface area contributed by atoms with Gasteiger partial charge in [-0.2, -0.15) is 0 Å². The summed E-state index contributed by atoms with van der Waals surface area (Å²) in [5.41, 5.74) is 7.16. The molecule has 0 radical (unpaired) electrons. The molecule has 0 bridgehead atoms. The van der Waals surface area contributed by atoms with E-state index in [1.165, 1.54) is 5.56 Å². The van der Waals surface area contributed by atoms with Gasteiger partial charge in [0.2, 0.25) is 5.91 Å². The number of rotatable bonds is 8. The highest BCUT2D eigenvalue weighted by atomic mass is 16.5. The second-order valence-corrected chi connectivity index (χ2v) is 5.42. The number of methoxy groups -OCH3 is 1. The van der Waals surface area contributed by atoms with E-state index in [0.717, 1.165) is 25.0 Å². The number of hydrogen-bond donors (Lipinski definition) is 1. The SMILES string of the molecule is CCCC(N)C(=O)N(CC)C(C)Cc1ccc(OC)cc1. The number of benzene rings is 1. The third-order valence-corrected chi connectivity index (χ3v) is 3.76. The highest BCUT2D eigenvalue weighted by Crippen LogP contribution is 2.15. The van der Waals surface area contributed by atoms with Crippen LogP contribution in [0.3, 0.4) is 0 Å². The minimum atomic E-state index is -0.381. The van der Waals surface area contributed by atoms with Crippen molar-refractivity contribution < 1.29 is 9.53 Å². The number of carbonyl (C=O) groups is 1. The molecule has 1 amide bonds. The molecule has 2 N–H and O–H groups in total. The minimum absolute atomic E-state index is 0.0559. The van der Waals surface area contributed by atoms with Gasteiger partial charge in [0.15, 0.2) is 0 Å². The van der Waals surface area contributed by atoms with E-state index < -0.39 is 0 Å². The van der Waals surface area contributed by atoms with E-state index in [2.05, 4.69) is 6.92 Å². The summed E-state index contributed by atoms with van der Waals surface area (Å²) >= 11 is 0. The van der Waals surface area contributed by atoms with Crippen molar-refractivity contribution in [2.75, 3.05) is 13.7 Å². The number of nitrogens with two attached hydrogens (primary N) is 1. The van der Waals surface area contributed by atoms with Crippen LogP contribution < -0.4 is 10.5 Å². The number of likely N-dealkylation sites (N-methyl/N-ethyl adjacent to an activating group) is 1. The van der Waals surface area contributed by atoms with Crippen molar-refractivity contribution in [1.82, 2.24) is 4.90 Å². The van der Waals surface area contributed by atoms with Crippen molar-refractivity contribution >= 4 is 5.91 Å². The van der Waals surface area contributed by atoms with Gasteiger partial charge in [-0.15, -0.1) is 0 Å². The molecular weight excluding hydrogens is 264 g/mol. The van der Waals surface area contributed by atoms with E-state index >= 15 is 0 Å². The molecule has 4 nitrogen and oxygen atoms in total. The van der Waals surface area contributed by atoms with Crippen molar-refractivity contribution in [3.63, 3.8) is 0 Å². The zero-order valence-electron chi connectivity index (χ0n) is 13.6. The van der Waals surface area contributed by atoms with Gasteiger partial charge in [-0.1, -0.05) is 25.5 Å². The molecule has 0 heterocycles. The number of ether oxygens (including phenoxy) is 1. The van der Waals surface area contributed by atoms with E-state index in [1.807, 2.05) is 43.0 Å². The normalized spacial score (nSPS) is 13.6. The lowest BCUT2D eigenvalue weighted by molar-refractivity contribution is -0.134. The molecule has 4 heteroatoms. The Bertz CT molecular complexity index is 431. The molecule has 21 heavy (non-hydrogen) atoms. The van der Waals surface area contributed by atoms with Gasteiger partial charge in [0.1, 0.15) is 5.75 Å². The first-order valence-corrected chi connectivity index (χ1v) is 7.72. The third-order valence-electron chi connectivity index (χ3n) is 3.76. The molecule has 1 aromatic carbocycles. The molecule has 1 rings (SSSR count). The van der Waals surface area contributed by atoms with E-state index in [-0.39, 0.29) is 18.0 Å². The third kappa shape index (κ3) is 5.05. The van der Waals surface area contributed by atoms with E-state index in [4.69, 9.17) is 10.5 Å². The van der Waals surface area contributed by atoms with E-state index in [9.17, 15) is 4.79 Å². The minimum Gasteiger partial charge on any atom is -0.497 e. The Morgan fingerprint density at radius 2 is 1.90 bits per heavy atom. The Morgan fingerprint density at radius 3 is 2.38 bits per heavy atom. The summed E-state index contributed by atoms with van der Waals surface area (Å²) in [4.78, 5) is 14.3. The van der Waals surface area contributed by atoms with Gasteiger partial charge in [-0.05, 0) is 44.4 Å². The van der Waals surface area contributed by atoms with Gasteiger partial charge in [-0.3, -0.25) is 4.79 Å². The van der Waals surface area contributed by atoms with Crippen LogP contribution in [0, 0.1) is 0 Å². The van der Waals surface area contributed by atoms with Crippen molar-refractivity contribution in [1.29, 1.82) is 0 Å². The summed E-state index contributed by atoms with van der Waals surface area (Å²) in [6.45, 7) is 6.81. The Labute approximate surface area is 128 Å². The van der Waals surface area contributed by atoms with Crippen molar-refractivity contribution in [3.8, 4) is 5.75 Å². The van der Waals surface area contributed by atoms with Crippen LogP contribution in [-0.4, -0.2) is 36.5 Å². The monoisotopic (exact) mass is 292 g/mol. The highest BCUT2D eigenvalue weighted by molar-refractivity contribution is 5.81. The fraction of sp³-hybridized carbons (Fsp3) is 0.588. The van der Waals surface area contributed by atoms with E-state index in [0.29, 0.717) is 6.54 Å². The van der Waals surface area contributed by atoms with Crippen molar-refractivity contribution in [2.24, 2.45) is 5.73 Å². The molecule has 0 saturated heterocycles. The lowest BCUT2D eigenvalue weighted by Gasteiger charge is -2.30. The average Bonchev–Trinajstić information content (AvgIpc) is 2.48. The predicted molar refractivity (Wildman–Crippen MR) is 86.4 cm³/mol. The maximum absolute atomic E-state index is 12.4. The molecule has 0 aliphatic carbocycles. The molecule has 0 aliphatic heterocycles. The van der Waals surface area contributed by atoms with Crippen LogP contribution in [0.25, 0.3) is 0 Å². The molecule has 0 saturated carbocycles. The zero-order chi connectivity index (χ0) is 15.8. The first-order chi connectivity index (χ1) is 10.0. The van der Waals surface area contributed by atoms with Crippen LogP contribution in [0.5, 0.6) is 5.75 Å².